The number of ether oxygens (including phenoxy) is 1. The molecule has 1 saturated heterocycles. The molecule has 21 heavy (non-hydrogen) atoms. The Labute approximate surface area is 127 Å². The second kappa shape index (κ2) is 8.07. The Hall–Kier alpha value is -1.50. The Morgan fingerprint density at radius 3 is 2.81 bits per heavy atom. The van der Waals surface area contributed by atoms with Gasteiger partial charge in [0.25, 0.3) is 0 Å². The predicted octanol–water partition coefficient (Wildman–Crippen LogP) is 2.82. The zero-order valence-electron chi connectivity index (χ0n) is 12.8. The largest absolute Gasteiger partial charge is 0.493 e. The monoisotopic (exact) mass is 287 g/mol. The molecule has 3 heteroatoms. The number of nitrogens with zero attached hydrogens (tertiary/aromatic N) is 1. The van der Waals surface area contributed by atoms with E-state index in [1.165, 1.54) is 18.4 Å². The van der Waals surface area contributed by atoms with Gasteiger partial charge in [0.2, 0.25) is 0 Å². The van der Waals surface area contributed by atoms with Crippen LogP contribution in [-0.2, 0) is 6.54 Å². The number of piperidine rings is 1. The van der Waals surface area contributed by atoms with Crippen LogP contribution >= 0.6 is 0 Å². The molecule has 2 rings (SSSR count). The summed E-state index contributed by atoms with van der Waals surface area (Å²) in [7, 11) is 0. The average Bonchev–Trinajstić information content (AvgIpc) is 2.50. The molecule has 2 atom stereocenters. The molecule has 0 bridgehead atoms. The van der Waals surface area contributed by atoms with Crippen molar-refractivity contribution in [3.05, 3.63) is 29.8 Å². The van der Waals surface area contributed by atoms with Crippen molar-refractivity contribution in [2.75, 3.05) is 13.2 Å². The predicted molar refractivity (Wildman–Crippen MR) is 85.1 cm³/mol. The standard InChI is InChI=1S/C18H25NO2/c1-3-4-13-21-17-10-8-16(9-11-17)14-19-12-6-5-7-18(19)15(2)20/h1,8-11,15,18,20H,4-7,12-14H2,2H3. The highest BCUT2D eigenvalue weighted by Gasteiger charge is 2.25. The van der Waals surface area contributed by atoms with E-state index in [-0.39, 0.29) is 12.1 Å². The first-order valence-corrected chi connectivity index (χ1v) is 7.78. The van der Waals surface area contributed by atoms with E-state index in [1.54, 1.807) is 0 Å². The van der Waals surface area contributed by atoms with Crippen molar-refractivity contribution >= 4 is 0 Å². The van der Waals surface area contributed by atoms with Gasteiger partial charge in [-0.25, -0.2) is 0 Å². The minimum atomic E-state index is -0.267. The first kappa shape index (κ1) is 15.9. The maximum absolute atomic E-state index is 9.91. The molecular weight excluding hydrogens is 262 g/mol. The molecule has 0 aromatic heterocycles. The van der Waals surface area contributed by atoms with Gasteiger partial charge in [-0.2, -0.15) is 0 Å². The van der Waals surface area contributed by atoms with Crippen molar-refractivity contribution in [3.8, 4) is 18.1 Å². The molecule has 1 aromatic carbocycles. The van der Waals surface area contributed by atoms with Gasteiger partial charge < -0.3 is 9.84 Å². The molecule has 1 fully saturated rings. The van der Waals surface area contributed by atoms with Crippen molar-refractivity contribution in [1.29, 1.82) is 0 Å². The number of benzene rings is 1. The first-order chi connectivity index (χ1) is 10.2. The van der Waals surface area contributed by atoms with Crippen molar-refractivity contribution < 1.29 is 9.84 Å². The minimum absolute atomic E-state index is 0.267. The summed E-state index contributed by atoms with van der Waals surface area (Å²) < 4.78 is 5.55. The van der Waals surface area contributed by atoms with Gasteiger partial charge in [0.15, 0.2) is 0 Å². The molecule has 0 radical (unpaired) electrons. The van der Waals surface area contributed by atoms with E-state index in [0.29, 0.717) is 13.0 Å². The van der Waals surface area contributed by atoms with Crippen molar-refractivity contribution in [3.63, 3.8) is 0 Å². The van der Waals surface area contributed by atoms with E-state index in [1.807, 2.05) is 19.1 Å². The highest BCUT2D eigenvalue weighted by Crippen LogP contribution is 2.23. The smallest absolute Gasteiger partial charge is 0.119 e. The van der Waals surface area contributed by atoms with Gasteiger partial charge in [-0.3, -0.25) is 4.90 Å². The summed E-state index contributed by atoms with van der Waals surface area (Å²) in [6.45, 7) is 4.41. The Bertz CT molecular complexity index is 461. The minimum Gasteiger partial charge on any atom is -0.493 e. The molecule has 0 spiro atoms. The number of aliphatic hydroxyl groups is 1. The van der Waals surface area contributed by atoms with Crippen LogP contribution in [0, 0.1) is 12.3 Å². The lowest BCUT2D eigenvalue weighted by Gasteiger charge is -2.37. The van der Waals surface area contributed by atoms with E-state index >= 15 is 0 Å². The lowest BCUT2D eigenvalue weighted by molar-refractivity contribution is 0.0316. The molecule has 1 aliphatic rings. The van der Waals surface area contributed by atoms with E-state index in [4.69, 9.17) is 11.2 Å². The van der Waals surface area contributed by atoms with Gasteiger partial charge in [-0.1, -0.05) is 18.6 Å². The van der Waals surface area contributed by atoms with E-state index < -0.39 is 0 Å². The quantitative estimate of drug-likeness (QED) is 0.645. The van der Waals surface area contributed by atoms with Gasteiger partial charge in [0.1, 0.15) is 5.75 Å². The Morgan fingerprint density at radius 2 is 2.14 bits per heavy atom. The zero-order chi connectivity index (χ0) is 15.1. The van der Waals surface area contributed by atoms with Crippen LogP contribution in [0.5, 0.6) is 5.75 Å². The van der Waals surface area contributed by atoms with E-state index in [9.17, 15) is 5.11 Å². The third kappa shape index (κ3) is 4.77. The molecule has 1 N–H and O–H groups in total. The van der Waals surface area contributed by atoms with Gasteiger partial charge in [-0.05, 0) is 44.0 Å². The fourth-order valence-electron chi connectivity index (χ4n) is 2.91. The SMILES string of the molecule is C#CCCOc1ccc(CN2CCCCC2C(C)O)cc1. The molecule has 1 heterocycles. The lowest BCUT2D eigenvalue weighted by atomic mass is 9.97. The summed E-state index contributed by atoms with van der Waals surface area (Å²) in [5.74, 6) is 3.42. The van der Waals surface area contributed by atoms with Crippen LogP contribution in [0.1, 0.15) is 38.2 Å². The average molecular weight is 287 g/mol. The third-order valence-electron chi connectivity index (χ3n) is 4.05. The number of aliphatic hydroxyl groups excluding tert-OH is 1. The number of rotatable bonds is 6. The van der Waals surface area contributed by atoms with Gasteiger partial charge in [-0.15, -0.1) is 12.3 Å². The maximum Gasteiger partial charge on any atom is 0.119 e. The van der Waals surface area contributed by atoms with Crippen LogP contribution < -0.4 is 4.74 Å². The molecule has 114 valence electrons. The van der Waals surface area contributed by atoms with Gasteiger partial charge in [0, 0.05) is 19.0 Å². The molecule has 0 aliphatic carbocycles. The van der Waals surface area contributed by atoms with E-state index in [2.05, 4.69) is 23.0 Å². The molecule has 1 aromatic rings. The number of hydrogen-bond donors (Lipinski definition) is 1. The summed E-state index contributed by atoms with van der Waals surface area (Å²) in [6.07, 6.45) is 9.09. The van der Waals surface area contributed by atoms with Gasteiger partial charge >= 0.3 is 0 Å². The summed E-state index contributed by atoms with van der Waals surface area (Å²) in [5.41, 5.74) is 1.26. The molecule has 0 amide bonds. The zero-order valence-corrected chi connectivity index (χ0v) is 12.8. The highest BCUT2D eigenvalue weighted by atomic mass is 16.5. The summed E-state index contributed by atoms with van der Waals surface area (Å²) in [5, 5.41) is 9.91. The number of likely N-dealkylation sites (tertiary alicyclic amines) is 1. The van der Waals surface area contributed by atoms with Crippen LogP contribution in [0.15, 0.2) is 24.3 Å². The fourth-order valence-corrected chi connectivity index (χ4v) is 2.91. The Kier molecular flexibility index (Phi) is 6.10. The lowest BCUT2D eigenvalue weighted by Crippen LogP contribution is -2.45. The summed E-state index contributed by atoms with van der Waals surface area (Å²) >= 11 is 0. The number of terminal acetylenes is 1. The van der Waals surface area contributed by atoms with Crippen LogP contribution in [0.2, 0.25) is 0 Å². The van der Waals surface area contributed by atoms with E-state index in [0.717, 1.165) is 25.3 Å². The first-order valence-electron chi connectivity index (χ1n) is 7.78. The van der Waals surface area contributed by atoms with Crippen LogP contribution in [0.25, 0.3) is 0 Å². The third-order valence-corrected chi connectivity index (χ3v) is 4.05. The van der Waals surface area contributed by atoms with Crippen molar-refractivity contribution in [2.45, 2.75) is 51.3 Å². The maximum atomic E-state index is 9.91. The fraction of sp³-hybridized carbons (Fsp3) is 0.556. The molecule has 1 aliphatic heterocycles. The van der Waals surface area contributed by atoms with Crippen LogP contribution in [0.4, 0.5) is 0 Å². The normalized spacial score (nSPS) is 20.7. The van der Waals surface area contributed by atoms with Crippen molar-refractivity contribution in [2.24, 2.45) is 0 Å². The molecular formula is C18H25NO2. The second-order valence-corrected chi connectivity index (χ2v) is 5.72. The Balaban J connectivity index is 1.91. The molecule has 3 nitrogen and oxygen atoms in total. The highest BCUT2D eigenvalue weighted by molar-refractivity contribution is 5.27. The van der Waals surface area contributed by atoms with Gasteiger partial charge in [0.05, 0.1) is 12.7 Å². The summed E-state index contributed by atoms with van der Waals surface area (Å²) in [4.78, 5) is 2.39. The van der Waals surface area contributed by atoms with Crippen molar-refractivity contribution in [1.82, 2.24) is 4.90 Å². The molecule has 2 unspecified atom stereocenters. The topological polar surface area (TPSA) is 32.7 Å². The summed E-state index contributed by atoms with van der Waals surface area (Å²) in [6, 6.07) is 8.46. The molecule has 0 saturated carbocycles. The Morgan fingerprint density at radius 1 is 1.38 bits per heavy atom. The number of hydrogen-bond acceptors (Lipinski definition) is 3. The second-order valence-electron chi connectivity index (χ2n) is 5.72. The van der Waals surface area contributed by atoms with Crippen LogP contribution in [0.3, 0.4) is 0 Å². The van der Waals surface area contributed by atoms with Crippen LogP contribution in [-0.4, -0.2) is 35.3 Å².